The Morgan fingerprint density at radius 1 is 1.55 bits per heavy atom. The van der Waals surface area contributed by atoms with Gasteiger partial charge in [-0.1, -0.05) is 6.07 Å². The molecule has 56 valence electrons. The lowest BCUT2D eigenvalue weighted by Crippen LogP contribution is -1.95. The zero-order chi connectivity index (χ0) is 8.27. The van der Waals surface area contributed by atoms with Gasteiger partial charge >= 0.3 is 5.97 Å². The summed E-state index contributed by atoms with van der Waals surface area (Å²) in [4.78, 5) is 10.4. The van der Waals surface area contributed by atoms with Gasteiger partial charge in [-0.25, -0.2) is 4.79 Å². The highest BCUT2D eigenvalue weighted by Gasteiger charge is 2.01. The maximum atomic E-state index is 10.4. The zero-order valence-corrected chi connectivity index (χ0v) is 5.65. The molecule has 0 atom stereocenters. The van der Waals surface area contributed by atoms with Crippen molar-refractivity contribution in [3.8, 4) is 5.75 Å². The lowest BCUT2D eigenvalue weighted by Gasteiger charge is -1.98. The molecular formula is C8H6O3. The molecule has 1 N–H and O–H groups in total. The number of carbonyl (C=O) groups is 1. The van der Waals surface area contributed by atoms with E-state index >= 15 is 0 Å². The second-order valence-corrected chi connectivity index (χ2v) is 1.95. The van der Waals surface area contributed by atoms with E-state index < -0.39 is 5.97 Å². The van der Waals surface area contributed by atoms with Crippen molar-refractivity contribution < 1.29 is 14.6 Å². The van der Waals surface area contributed by atoms with Crippen LogP contribution in [0.3, 0.4) is 0 Å². The van der Waals surface area contributed by atoms with Crippen molar-refractivity contribution in [3.63, 3.8) is 0 Å². The van der Waals surface area contributed by atoms with E-state index in [1.54, 1.807) is 12.1 Å². The van der Waals surface area contributed by atoms with Gasteiger partial charge in [-0.3, -0.25) is 0 Å². The van der Waals surface area contributed by atoms with Crippen molar-refractivity contribution in [3.05, 3.63) is 36.9 Å². The molecule has 3 nitrogen and oxygen atoms in total. The predicted molar refractivity (Wildman–Crippen MR) is 38.3 cm³/mol. The maximum Gasteiger partial charge on any atom is 0.335 e. The summed E-state index contributed by atoms with van der Waals surface area (Å²) in [5.74, 6) is -0.659. The largest absolute Gasteiger partial charge is 0.482 e. The number of hydrogen-bond donors (Lipinski definition) is 1. The van der Waals surface area contributed by atoms with E-state index in [0.717, 1.165) is 0 Å². The third-order valence-corrected chi connectivity index (χ3v) is 1.22. The number of carboxylic acid groups (broad SMARTS) is 1. The summed E-state index contributed by atoms with van der Waals surface area (Å²) in [7, 11) is 4.83. The van der Waals surface area contributed by atoms with Crippen LogP contribution in [0, 0.1) is 7.11 Å². The molecule has 0 aliphatic heterocycles. The lowest BCUT2D eigenvalue weighted by atomic mass is 10.2. The van der Waals surface area contributed by atoms with Crippen LogP contribution in [0.5, 0.6) is 5.75 Å². The second kappa shape index (κ2) is 3.05. The van der Waals surface area contributed by atoms with Crippen LogP contribution in [0.4, 0.5) is 0 Å². The number of ether oxygens (including phenoxy) is 1. The normalized spacial score (nSPS) is 9.18. The Hall–Kier alpha value is -1.51. The Morgan fingerprint density at radius 2 is 2.27 bits per heavy atom. The Bertz CT molecular complexity index is 268. The molecular weight excluding hydrogens is 144 g/mol. The average Bonchev–Trinajstić information content (AvgIpc) is 2.05. The van der Waals surface area contributed by atoms with Gasteiger partial charge in [-0.2, -0.15) is 0 Å². The van der Waals surface area contributed by atoms with E-state index in [-0.39, 0.29) is 5.56 Å². The summed E-state index contributed by atoms with van der Waals surface area (Å²) in [5, 5.41) is 8.51. The minimum Gasteiger partial charge on any atom is -0.482 e. The highest BCUT2D eigenvalue weighted by atomic mass is 16.5. The number of carboxylic acids is 1. The third kappa shape index (κ3) is 1.70. The quantitative estimate of drug-likeness (QED) is 0.693. The molecule has 0 saturated heterocycles. The van der Waals surface area contributed by atoms with Crippen molar-refractivity contribution in [2.24, 2.45) is 0 Å². The molecule has 0 unspecified atom stereocenters. The lowest BCUT2D eigenvalue weighted by molar-refractivity contribution is 0.0696. The summed E-state index contributed by atoms with van der Waals surface area (Å²) in [6.07, 6.45) is 0. The molecule has 0 heterocycles. The van der Waals surface area contributed by atoms with Crippen LogP contribution in [0.1, 0.15) is 10.4 Å². The van der Waals surface area contributed by atoms with Crippen LogP contribution in [-0.2, 0) is 0 Å². The molecule has 0 aromatic heterocycles. The Labute approximate surface area is 64.2 Å². The van der Waals surface area contributed by atoms with Crippen molar-refractivity contribution in [2.75, 3.05) is 0 Å². The minimum absolute atomic E-state index is 0.160. The van der Waals surface area contributed by atoms with E-state index in [2.05, 4.69) is 4.74 Å². The van der Waals surface area contributed by atoms with Crippen molar-refractivity contribution in [1.29, 1.82) is 0 Å². The summed E-state index contributed by atoms with van der Waals surface area (Å²) >= 11 is 0. The van der Waals surface area contributed by atoms with Gasteiger partial charge in [0, 0.05) is 0 Å². The van der Waals surface area contributed by atoms with Crippen LogP contribution in [0.2, 0.25) is 0 Å². The molecule has 0 saturated carbocycles. The van der Waals surface area contributed by atoms with Crippen LogP contribution in [-0.4, -0.2) is 11.1 Å². The van der Waals surface area contributed by atoms with E-state index in [0.29, 0.717) is 5.75 Å². The first-order valence-corrected chi connectivity index (χ1v) is 2.94. The van der Waals surface area contributed by atoms with Gasteiger partial charge in [-0.05, 0) is 18.2 Å². The van der Waals surface area contributed by atoms with Gasteiger partial charge in [-0.15, -0.1) is 0 Å². The van der Waals surface area contributed by atoms with E-state index in [9.17, 15) is 4.79 Å². The smallest absolute Gasteiger partial charge is 0.335 e. The molecule has 1 aromatic carbocycles. The van der Waals surface area contributed by atoms with E-state index in [4.69, 9.17) is 12.2 Å². The molecule has 11 heavy (non-hydrogen) atoms. The fourth-order valence-corrected chi connectivity index (χ4v) is 0.702. The zero-order valence-electron chi connectivity index (χ0n) is 5.65. The monoisotopic (exact) mass is 150 g/mol. The van der Waals surface area contributed by atoms with Gasteiger partial charge in [0.05, 0.1) is 5.56 Å². The first kappa shape index (κ1) is 7.60. The average molecular weight is 150 g/mol. The van der Waals surface area contributed by atoms with Crippen molar-refractivity contribution >= 4 is 5.97 Å². The summed E-state index contributed by atoms with van der Waals surface area (Å²) in [6, 6.07) is 5.95. The van der Waals surface area contributed by atoms with Crippen molar-refractivity contribution in [1.82, 2.24) is 0 Å². The molecule has 0 aliphatic rings. The number of aromatic carboxylic acids is 1. The standard InChI is InChI=1S/C8H6O3/c1-11-7-4-2-3-6(5-7)8(9)10/h1-5H,(H,9,10). The Kier molecular flexibility index (Phi) is 2.11. The third-order valence-electron chi connectivity index (χ3n) is 1.22. The Balaban J connectivity index is 3.01. The fourth-order valence-electron chi connectivity index (χ4n) is 0.702. The summed E-state index contributed by atoms with van der Waals surface area (Å²) in [5.41, 5.74) is 0.160. The van der Waals surface area contributed by atoms with E-state index in [1.807, 2.05) is 0 Å². The topological polar surface area (TPSA) is 46.5 Å². The molecule has 1 aromatic rings. The van der Waals surface area contributed by atoms with Crippen molar-refractivity contribution in [2.45, 2.75) is 0 Å². The van der Waals surface area contributed by atoms with Crippen LogP contribution in [0.15, 0.2) is 24.3 Å². The maximum absolute atomic E-state index is 10.4. The van der Waals surface area contributed by atoms with Gasteiger partial charge in [0.25, 0.3) is 0 Å². The molecule has 1 rings (SSSR count). The molecule has 0 bridgehead atoms. The molecule has 0 amide bonds. The number of hydrogen-bond acceptors (Lipinski definition) is 2. The Morgan fingerprint density at radius 3 is 2.82 bits per heavy atom. The van der Waals surface area contributed by atoms with Crippen LogP contribution < -0.4 is 4.74 Å². The summed E-state index contributed by atoms with van der Waals surface area (Å²) in [6.45, 7) is 0. The molecule has 0 spiro atoms. The highest BCUT2D eigenvalue weighted by Crippen LogP contribution is 2.12. The predicted octanol–water partition coefficient (Wildman–Crippen LogP) is 1.43. The molecule has 3 heteroatoms. The highest BCUT2D eigenvalue weighted by molar-refractivity contribution is 5.87. The molecule has 2 radical (unpaired) electrons. The molecule has 0 fully saturated rings. The van der Waals surface area contributed by atoms with Gasteiger partial charge < -0.3 is 9.84 Å². The first-order chi connectivity index (χ1) is 5.24. The van der Waals surface area contributed by atoms with E-state index in [1.165, 1.54) is 12.1 Å². The first-order valence-electron chi connectivity index (χ1n) is 2.94. The van der Waals surface area contributed by atoms with Gasteiger partial charge in [0.1, 0.15) is 5.75 Å². The number of benzene rings is 1. The van der Waals surface area contributed by atoms with Gasteiger partial charge in [0.2, 0.25) is 0 Å². The fraction of sp³-hybridized carbons (Fsp3) is 0. The minimum atomic E-state index is -0.996. The SMILES string of the molecule is [CH]Oc1cccc(C(=O)O)c1. The van der Waals surface area contributed by atoms with Crippen LogP contribution in [0.25, 0.3) is 0 Å². The number of rotatable bonds is 2. The van der Waals surface area contributed by atoms with Gasteiger partial charge in [0.15, 0.2) is 7.11 Å². The molecule has 0 aliphatic carbocycles. The summed E-state index contributed by atoms with van der Waals surface area (Å²) < 4.78 is 4.34. The second-order valence-electron chi connectivity index (χ2n) is 1.95. The van der Waals surface area contributed by atoms with Crippen LogP contribution >= 0.6 is 0 Å².